The molecule has 2 aliphatic rings. The van der Waals surface area contributed by atoms with Gasteiger partial charge < -0.3 is 9.47 Å². The van der Waals surface area contributed by atoms with E-state index in [1.807, 2.05) is 0 Å². The van der Waals surface area contributed by atoms with Crippen LogP contribution in [0.1, 0.15) is 104 Å². The van der Waals surface area contributed by atoms with E-state index in [9.17, 15) is 17.6 Å². The van der Waals surface area contributed by atoms with Crippen LogP contribution in [0, 0.1) is 35.3 Å². The maximum absolute atomic E-state index is 14.4. The van der Waals surface area contributed by atoms with Crippen molar-refractivity contribution >= 4 is 0 Å². The van der Waals surface area contributed by atoms with E-state index in [0.29, 0.717) is 6.42 Å². The molecule has 0 aliphatic heterocycles. The molecule has 0 aromatic heterocycles. The van der Waals surface area contributed by atoms with Crippen LogP contribution in [0.3, 0.4) is 0 Å². The first-order valence-electron chi connectivity index (χ1n) is 13.5. The number of benzene rings is 1. The summed E-state index contributed by atoms with van der Waals surface area (Å²) in [6.07, 6.45) is 11.3. The van der Waals surface area contributed by atoms with Crippen LogP contribution in [0.15, 0.2) is 12.1 Å². The van der Waals surface area contributed by atoms with Crippen LogP contribution in [0.25, 0.3) is 0 Å². The Morgan fingerprint density at radius 1 is 0.765 bits per heavy atom. The predicted molar refractivity (Wildman–Crippen MR) is 127 cm³/mol. The zero-order valence-corrected chi connectivity index (χ0v) is 20.9. The van der Waals surface area contributed by atoms with E-state index < -0.39 is 29.9 Å². The third-order valence-electron chi connectivity index (χ3n) is 8.08. The maximum atomic E-state index is 14.4. The molecule has 6 heteroatoms. The molecule has 0 radical (unpaired) electrons. The molecule has 0 bridgehead atoms. The van der Waals surface area contributed by atoms with E-state index in [2.05, 4.69) is 11.7 Å². The number of hydrogen-bond acceptors (Lipinski definition) is 2. The molecule has 3 rings (SSSR count). The average molecular weight is 487 g/mol. The highest BCUT2D eigenvalue weighted by Crippen LogP contribution is 2.44. The van der Waals surface area contributed by atoms with Crippen molar-refractivity contribution in [3.05, 3.63) is 23.8 Å². The summed E-state index contributed by atoms with van der Waals surface area (Å²) in [6, 6.07) is 2.12. The number of ether oxygens (including phenoxy) is 2. The molecule has 194 valence electrons. The molecule has 0 amide bonds. The summed E-state index contributed by atoms with van der Waals surface area (Å²) < 4.78 is 66.4. The van der Waals surface area contributed by atoms with Gasteiger partial charge in [0.2, 0.25) is 11.6 Å². The van der Waals surface area contributed by atoms with Gasteiger partial charge in [-0.25, -0.2) is 0 Å². The molecular weight excluding hydrogens is 444 g/mol. The fraction of sp³-hybridized carbons (Fsp3) is 0.786. The van der Waals surface area contributed by atoms with Crippen molar-refractivity contribution in [3.8, 4) is 11.5 Å². The van der Waals surface area contributed by atoms with Gasteiger partial charge in [-0.2, -0.15) is 17.6 Å². The number of unbranched alkanes of at least 4 members (excludes halogenated alkanes) is 2. The fourth-order valence-electron chi connectivity index (χ4n) is 6.02. The first-order chi connectivity index (χ1) is 16.3. The van der Waals surface area contributed by atoms with Crippen LogP contribution in [0.4, 0.5) is 17.6 Å². The van der Waals surface area contributed by atoms with Crippen LogP contribution >= 0.6 is 0 Å². The van der Waals surface area contributed by atoms with E-state index in [1.165, 1.54) is 51.4 Å². The fourth-order valence-corrected chi connectivity index (χ4v) is 6.02. The number of rotatable bonds is 12. The summed E-state index contributed by atoms with van der Waals surface area (Å²) in [5, 5.41) is 0. The quantitative estimate of drug-likeness (QED) is 0.216. The van der Waals surface area contributed by atoms with Gasteiger partial charge in [-0.15, -0.1) is 0 Å². The van der Waals surface area contributed by atoms with Crippen LogP contribution in [-0.2, 0) is 0 Å². The number of alkyl halides is 2. The molecular formula is C28H42F4O2. The lowest BCUT2D eigenvalue weighted by molar-refractivity contribution is -0.185. The van der Waals surface area contributed by atoms with Gasteiger partial charge in [-0.3, -0.25) is 0 Å². The highest BCUT2D eigenvalue weighted by molar-refractivity contribution is 5.35. The third-order valence-corrected chi connectivity index (χ3v) is 8.08. The summed E-state index contributed by atoms with van der Waals surface area (Å²) >= 11 is 0. The van der Waals surface area contributed by atoms with E-state index >= 15 is 0 Å². The first kappa shape index (κ1) is 27.1. The highest BCUT2D eigenvalue weighted by Gasteiger charge is 2.36. The van der Waals surface area contributed by atoms with Crippen molar-refractivity contribution in [2.24, 2.45) is 23.7 Å². The summed E-state index contributed by atoms with van der Waals surface area (Å²) in [5.41, 5.74) is 0. The number of hydrogen-bond donors (Lipinski definition) is 0. The molecule has 34 heavy (non-hydrogen) atoms. The predicted octanol–water partition coefficient (Wildman–Crippen LogP) is 9.31. The van der Waals surface area contributed by atoms with Gasteiger partial charge in [-0.1, -0.05) is 58.3 Å². The smallest absolute Gasteiger partial charge is 0.397 e. The highest BCUT2D eigenvalue weighted by atomic mass is 19.3. The summed E-state index contributed by atoms with van der Waals surface area (Å²) in [4.78, 5) is 0. The second-order valence-corrected chi connectivity index (χ2v) is 10.5. The van der Waals surface area contributed by atoms with Gasteiger partial charge in [0.05, 0.1) is 13.0 Å². The molecule has 0 heterocycles. The van der Waals surface area contributed by atoms with E-state index in [1.54, 1.807) is 6.92 Å². The topological polar surface area (TPSA) is 18.5 Å². The first-order valence-corrected chi connectivity index (χ1v) is 13.5. The maximum Gasteiger partial charge on any atom is 0.397 e. The summed E-state index contributed by atoms with van der Waals surface area (Å²) in [6.45, 7) is 4.03. The molecule has 0 atom stereocenters. The van der Waals surface area contributed by atoms with Gasteiger partial charge in [0.25, 0.3) is 0 Å². The van der Waals surface area contributed by atoms with Crippen molar-refractivity contribution < 1.29 is 27.0 Å². The molecule has 2 nitrogen and oxygen atoms in total. The Balaban J connectivity index is 1.39. The van der Waals surface area contributed by atoms with Gasteiger partial charge >= 0.3 is 6.11 Å². The average Bonchev–Trinajstić information content (AvgIpc) is 2.84. The third kappa shape index (κ3) is 7.78. The Labute approximate surface area is 202 Å². The SMILES string of the molecule is CCCCCC1CCC(C2CCC(CCC(F)(F)Oc3ccc(OCC)c(F)c3F)CC2)CC1. The molecule has 0 spiro atoms. The zero-order valence-electron chi connectivity index (χ0n) is 20.9. The Morgan fingerprint density at radius 2 is 1.29 bits per heavy atom. The van der Waals surface area contributed by atoms with E-state index in [-0.39, 0.29) is 18.3 Å². The molecule has 0 N–H and O–H groups in total. The second-order valence-electron chi connectivity index (χ2n) is 10.5. The van der Waals surface area contributed by atoms with Crippen LogP contribution < -0.4 is 9.47 Å². The Hall–Kier alpha value is -1.46. The Kier molecular flexibility index (Phi) is 10.4. The van der Waals surface area contributed by atoms with Crippen molar-refractivity contribution in [1.29, 1.82) is 0 Å². The van der Waals surface area contributed by atoms with Crippen molar-refractivity contribution in [2.75, 3.05) is 6.61 Å². The van der Waals surface area contributed by atoms with Crippen LogP contribution in [-0.4, -0.2) is 12.7 Å². The van der Waals surface area contributed by atoms with Gasteiger partial charge in [0, 0.05) is 0 Å². The molecule has 2 aliphatic carbocycles. The summed E-state index contributed by atoms with van der Waals surface area (Å²) in [5.74, 6) is -1.11. The minimum Gasteiger partial charge on any atom is -0.491 e. The van der Waals surface area contributed by atoms with E-state index in [4.69, 9.17) is 4.74 Å². The Morgan fingerprint density at radius 3 is 1.85 bits per heavy atom. The summed E-state index contributed by atoms with van der Waals surface area (Å²) in [7, 11) is 0. The van der Waals surface area contributed by atoms with Crippen molar-refractivity contribution in [2.45, 2.75) is 110 Å². The monoisotopic (exact) mass is 486 g/mol. The van der Waals surface area contributed by atoms with Crippen molar-refractivity contribution in [1.82, 2.24) is 0 Å². The van der Waals surface area contributed by atoms with Crippen molar-refractivity contribution in [3.63, 3.8) is 0 Å². The minimum atomic E-state index is -3.53. The standard InChI is InChI=1S/C28H42F4O2/c1-3-5-6-7-20-8-12-22(13-9-20)23-14-10-21(11-15-23)18-19-28(31,32)34-25-17-16-24(33-4-2)26(29)27(25)30/h16-17,20-23H,3-15,18-19H2,1-2H3. The molecule has 2 fully saturated rings. The molecule has 0 unspecified atom stereocenters. The lowest BCUT2D eigenvalue weighted by Crippen LogP contribution is -2.28. The second kappa shape index (κ2) is 13.0. The molecule has 2 saturated carbocycles. The molecule has 1 aromatic carbocycles. The number of halogens is 4. The Bertz CT molecular complexity index is 738. The largest absolute Gasteiger partial charge is 0.491 e. The lowest BCUT2D eigenvalue weighted by atomic mass is 9.68. The van der Waals surface area contributed by atoms with Gasteiger partial charge in [0.15, 0.2) is 11.5 Å². The van der Waals surface area contributed by atoms with Gasteiger partial charge in [-0.05, 0) is 74.8 Å². The van der Waals surface area contributed by atoms with Gasteiger partial charge in [0.1, 0.15) is 0 Å². The zero-order chi connectivity index (χ0) is 24.6. The normalized spacial score (nSPS) is 25.8. The lowest BCUT2D eigenvalue weighted by Gasteiger charge is -2.38. The minimum absolute atomic E-state index is 0.148. The van der Waals surface area contributed by atoms with Crippen LogP contribution in [0.5, 0.6) is 11.5 Å². The van der Waals surface area contributed by atoms with E-state index in [0.717, 1.165) is 55.6 Å². The van der Waals surface area contributed by atoms with Crippen LogP contribution in [0.2, 0.25) is 0 Å². The molecule has 1 aromatic rings. The molecule has 0 saturated heterocycles.